The fraction of sp³-hybridized carbons (Fsp3) is 0.800. The SMILES string of the molecule is C1=CC2CCC1C2.C=C(C)C(=O)OCCCCCCCCCCCCCC. The van der Waals surface area contributed by atoms with Crippen molar-refractivity contribution in [1.29, 1.82) is 0 Å². The summed E-state index contributed by atoms with van der Waals surface area (Å²) in [6.07, 6.45) is 25.1. The topological polar surface area (TPSA) is 26.3 Å². The van der Waals surface area contributed by atoms with Crippen LogP contribution in [0.25, 0.3) is 0 Å². The minimum absolute atomic E-state index is 0.256. The molecule has 0 heterocycles. The second-order valence-corrected chi connectivity index (χ2v) is 8.52. The highest BCUT2D eigenvalue weighted by atomic mass is 16.5. The van der Waals surface area contributed by atoms with E-state index < -0.39 is 0 Å². The standard InChI is InChI=1S/C18H34O2.C7H10/c1-4-5-6-7-8-9-10-11-12-13-14-15-16-20-18(19)17(2)3;1-2-7-4-3-6(1)5-7/h2,4-16H2,1,3H3;1-2,6-7H,3-5H2. The molecule has 2 aliphatic carbocycles. The maximum absolute atomic E-state index is 11.1. The molecule has 2 unspecified atom stereocenters. The number of carbonyl (C=O) groups excluding carboxylic acids is 1. The molecule has 0 aliphatic heterocycles. The van der Waals surface area contributed by atoms with Gasteiger partial charge in [0.15, 0.2) is 0 Å². The van der Waals surface area contributed by atoms with Crippen LogP contribution in [0.15, 0.2) is 24.3 Å². The summed E-state index contributed by atoms with van der Waals surface area (Å²) in [7, 11) is 0. The molecule has 0 amide bonds. The Kier molecular flexibility index (Phi) is 14.2. The van der Waals surface area contributed by atoms with Crippen molar-refractivity contribution in [2.24, 2.45) is 11.8 Å². The second kappa shape index (κ2) is 16.0. The van der Waals surface area contributed by atoms with Crippen LogP contribution in [0.2, 0.25) is 0 Å². The zero-order chi connectivity index (χ0) is 19.7. The van der Waals surface area contributed by atoms with E-state index in [2.05, 4.69) is 25.7 Å². The van der Waals surface area contributed by atoms with Gasteiger partial charge in [0, 0.05) is 5.57 Å². The predicted octanol–water partition coefficient (Wildman–Crippen LogP) is 7.78. The molecule has 0 N–H and O–H groups in total. The van der Waals surface area contributed by atoms with Crippen LogP contribution in [0.3, 0.4) is 0 Å². The highest BCUT2D eigenvalue weighted by Gasteiger charge is 2.25. The average molecular weight is 377 g/mol. The van der Waals surface area contributed by atoms with Gasteiger partial charge in [0.2, 0.25) is 0 Å². The van der Waals surface area contributed by atoms with Crippen LogP contribution in [0.5, 0.6) is 0 Å². The minimum Gasteiger partial charge on any atom is -0.462 e. The highest BCUT2D eigenvalue weighted by Crippen LogP contribution is 2.38. The van der Waals surface area contributed by atoms with Gasteiger partial charge < -0.3 is 4.74 Å². The Morgan fingerprint density at radius 1 is 0.852 bits per heavy atom. The van der Waals surface area contributed by atoms with Crippen molar-refractivity contribution in [3.8, 4) is 0 Å². The maximum Gasteiger partial charge on any atom is 0.333 e. The molecule has 1 fully saturated rings. The summed E-state index contributed by atoms with van der Waals surface area (Å²) in [4.78, 5) is 11.1. The molecule has 0 radical (unpaired) electrons. The molecule has 2 atom stereocenters. The summed E-state index contributed by atoms with van der Waals surface area (Å²) < 4.78 is 5.06. The summed E-state index contributed by atoms with van der Waals surface area (Å²) in [6.45, 7) is 8.05. The smallest absolute Gasteiger partial charge is 0.333 e. The van der Waals surface area contributed by atoms with Crippen LogP contribution < -0.4 is 0 Å². The highest BCUT2D eigenvalue weighted by molar-refractivity contribution is 5.86. The number of esters is 1. The lowest BCUT2D eigenvalue weighted by Gasteiger charge is -2.04. The third-order valence-electron chi connectivity index (χ3n) is 5.75. The zero-order valence-electron chi connectivity index (χ0n) is 18.1. The molecule has 156 valence electrons. The van der Waals surface area contributed by atoms with Gasteiger partial charge in [-0.3, -0.25) is 0 Å². The largest absolute Gasteiger partial charge is 0.462 e. The predicted molar refractivity (Wildman–Crippen MR) is 117 cm³/mol. The fourth-order valence-corrected chi connectivity index (χ4v) is 3.95. The lowest BCUT2D eigenvalue weighted by atomic mass is 10.1. The van der Waals surface area contributed by atoms with E-state index in [1.165, 1.54) is 89.9 Å². The number of carbonyl (C=O) groups is 1. The molecule has 1 saturated carbocycles. The molecule has 2 aliphatic rings. The Hall–Kier alpha value is -1.05. The molecule has 0 aromatic rings. The first-order valence-corrected chi connectivity index (χ1v) is 11.6. The third kappa shape index (κ3) is 12.9. The van der Waals surface area contributed by atoms with E-state index in [9.17, 15) is 4.79 Å². The lowest BCUT2D eigenvalue weighted by molar-refractivity contribution is -0.139. The van der Waals surface area contributed by atoms with Crippen molar-refractivity contribution in [3.63, 3.8) is 0 Å². The number of rotatable bonds is 14. The average Bonchev–Trinajstić information content (AvgIpc) is 3.31. The Morgan fingerprint density at radius 2 is 1.30 bits per heavy atom. The first-order chi connectivity index (χ1) is 13.1. The summed E-state index contributed by atoms with van der Waals surface area (Å²) in [6, 6.07) is 0. The first kappa shape index (κ1) is 24.0. The van der Waals surface area contributed by atoms with Crippen LogP contribution in [0.4, 0.5) is 0 Å². The monoisotopic (exact) mass is 376 g/mol. The first-order valence-electron chi connectivity index (χ1n) is 11.6. The lowest BCUT2D eigenvalue weighted by Crippen LogP contribution is -2.05. The third-order valence-corrected chi connectivity index (χ3v) is 5.75. The summed E-state index contributed by atoms with van der Waals surface area (Å²) in [5.74, 6) is 1.73. The molecule has 27 heavy (non-hydrogen) atoms. The van der Waals surface area contributed by atoms with Crippen molar-refractivity contribution in [2.75, 3.05) is 6.61 Å². The molecule has 2 nitrogen and oxygen atoms in total. The molecule has 2 rings (SSSR count). The van der Waals surface area contributed by atoms with Gasteiger partial charge >= 0.3 is 5.97 Å². The molecule has 0 aromatic heterocycles. The number of hydrogen-bond acceptors (Lipinski definition) is 2. The van der Waals surface area contributed by atoms with E-state index in [4.69, 9.17) is 4.74 Å². The molecule has 0 spiro atoms. The van der Waals surface area contributed by atoms with Gasteiger partial charge in [-0.15, -0.1) is 0 Å². The molecule has 0 aromatic carbocycles. The molecular weight excluding hydrogens is 332 g/mol. The van der Waals surface area contributed by atoms with Gasteiger partial charge in [-0.25, -0.2) is 4.79 Å². The van der Waals surface area contributed by atoms with Crippen molar-refractivity contribution in [1.82, 2.24) is 0 Å². The number of hydrogen-bond donors (Lipinski definition) is 0. The van der Waals surface area contributed by atoms with Crippen LogP contribution in [-0.4, -0.2) is 12.6 Å². The fourth-order valence-electron chi connectivity index (χ4n) is 3.95. The number of unbranched alkanes of at least 4 members (excludes halogenated alkanes) is 11. The van der Waals surface area contributed by atoms with Crippen LogP contribution in [0.1, 0.15) is 110 Å². The van der Waals surface area contributed by atoms with E-state index in [1.54, 1.807) is 6.92 Å². The van der Waals surface area contributed by atoms with E-state index in [0.29, 0.717) is 12.2 Å². The van der Waals surface area contributed by atoms with Gasteiger partial charge in [-0.1, -0.05) is 96.3 Å². The number of allylic oxidation sites excluding steroid dienone is 2. The summed E-state index contributed by atoms with van der Waals surface area (Å²) in [5.41, 5.74) is 0.490. The Bertz CT molecular complexity index is 412. The Balaban J connectivity index is 0.000000420. The molecule has 0 saturated heterocycles. The van der Waals surface area contributed by atoms with Crippen LogP contribution in [0, 0.1) is 11.8 Å². The molecule has 2 heteroatoms. The van der Waals surface area contributed by atoms with Crippen molar-refractivity contribution < 1.29 is 9.53 Å². The van der Waals surface area contributed by atoms with E-state index in [1.807, 2.05) is 0 Å². The van der Waals surface area contributed by atoms with Gasteiger partial charge in [0.05, 0.1) is 6.61 Å². The van der Waals surface area contributed by atoms with Gasteiger partial charge in [-0.05, 0) is 44.4 Å². The van der Waals surface area contributed by atoms with Crippen LogP contribution >= 0.6 is 0 Å². The quantitative estimate of drug-likeness (QED) is 0.134. The van der Waals surface area contributed by atoms with Crippen molar-refractivity contribution in [3.05, 3.63) is 24.3 Å². The van der Waals surface area contributed by atoms with E-state index in [-0.39, 0.29) is 5.97 Å². The normalized spacial score (nSPS) is 19.6. The Labute approximate surface area is 168 Å². The zero-order valence-corrected chi connectivity index (χ0v) is 18.1. The van der Waals surface area contributed by atoms with Crippen molar-refractivity contribution >= 4 is 5.97 Å². The number of fused-ring (bicyclic) bond motifs is 2. The van der Waals surface area contributed by atoms with E-state index >= 15 is 0 Å². The molecular formula is C25H44O2. The maximum atomic E-state index is 11.1. The second-order valence-electron chi connectivity index (χ2n) is 8.52. The van der Waals surface area contributed by atoms with Crippen LogP contribution in [-0.2, 0) is 9.53 Å². The number of ether oxygens (including phenoxy) is 1. The summed E-state index contributed by atoms with van der Waals surface area (Å²) >= 11 is 0. The molecule has 2 bridgehead atoms. The van der Waals surface area contributed by atoms with Crippen molar-refractivity contribution in [2.45, 2.75) is 110 Å². The summed E-state index contributed by atoms with van der Waals surface area (Å²) in [5, 5.41) is 0. The minimum atomic E-state index is -0.256. The van der Waals surface area contributed by atoms with E-state index in [0.717, 1.165) is 18.3 Å². The Morgan fingerprint density at radius 3 is 1.63 bits per heavy atom. The van der Waals surface area contributed by atoms with Gasteiger partial charge in [0.1, 0.15) is 0 Å². The van der Waals surface area contributed by atoms with Gasteiger partial charge in [-0.2, -0.15) is 0 Å². The van der Waals surface area contributed by atoms with Gasteiger partial charge in [0.25, 0.3) is 0 Å².